The van der Waals surface area contributed by atoms with Gasteiger partial charge in [-0.25, -0.2) is 4.79 Å². The lowest BCUT2D eigenvalue weighted by Crippen LogP contribution is -2.46. The molecule has 2 rings (SSSR count). The Morgan fingerprint density at radius 1 is 1.53 bits per heavy atom. The van der Waals surface area contributed by atoms with E-state index in [0.717, 1.165) is 0 Å². The van der Waals surface area contributed by atoms with E-state index < -0.39 is 11.6 Å². The van der Waals surface area contributed by atoms with E-state index in [1.807, 2.05) is 0 Å². The van der Waals surface area contributed by atoms with Crippen molar-refractivity contribution in [3.05, 3.63) is 24.0 Å². The molecule has 0 bridgehead atoms. The molecule has 0 atom stereocenters. The third-order valence-corrected chi connectivity index (χ3v) is 3.39. The van der Waals surface area contributed by atoms with Crippen molar-refractivity contribution in [3.63, 3.8) is 0 Å². The van der Waals surface area contributed by atoms with Gasteiger partial charge in [0.05, 0.1) is 11.3 Å². The number of aromatic carboxylic acids is 1. The van der Waals surface area contributed by atoms with E-state index in [4.69, 9.17) is 9.84 Å². The molecule has 6 nitrogen and oxygen atoms in total. The number of rotatable bonds is 4. The van der Waals surface area contributed by atoms with Crippen molar-refractivity contribution in [2.24, 2.45) is 0 Å². The number of aliphatic hydroxyl groups is 1. The van der Waals surface area contributed by atoms with Gasteiger partial charge in [0.15, 0.2) is 0 Å². The van der Waals surface area contributed by atoms with Crippen molar-refractivity contribution in [3.8, 4) is 0 Å². The van der Waals surface area contributed by atoms with Gasteiger partial charge in [0.25, 0.3) is 0 Å². The number of hydrogen-bond acceptors (Lipinski definition) is 5. The van der Waals surface area contributed by atoms with Crippen molar-refractivity contribution in [1.29, 1.82) is 0 Å². The van der Waals surface area contributed by atoms with Crippen LogP contribution in [0.4, 0.5) is 5.69 Å². The van der Waals surface area contributed by atoms with Gasteiger partial charge in [-0.1, -0.05) is 0 Å². The van der Waals surface area contributed by atoms with Crippen molar-refractivity contribution in [2.45, 2.75) is 18.4 Å². The van der Waals surface area contributed by atoms with Crippen LogP contribution >= 0.6 is 0 Å². The summed E-state index contributed by atoms with van der Waals surface area (Å²) < 4.78 is 5.23. The number of carbonyl (C=O) groups is 1. The van der Waals surface area contributed by atoms with Crippen LogP contribution in [0, 0.1) is 0 Å². The number of carboxylic acids is 1. The summed E-state index contributed by atoms with van der Waals surface area (Å²) in [7, 11) is 1.77. The molecule has 6 heteroatoms. The Labute approximate surface area is 111 Å². The van der Waals surface area contributed by atoms with Crippen LogP contribution in [0.3, 0.4) is 0 Å². The molecule has 1 aromatic rings. The van der Waals surface area contributed by atoms with Crippen LogP contribution < -0.4 is 4.90 Å². The van der Waals surface area contributed by atoms with E-state index in [0.29, 0.717) is 38.3 Å². The largest absolute Gasteiger partial charge is 0.478 e. The van der Waals surface area contributed by atoms with Crippen LogP contribution in [0.2, 0.25) is 0 Å². The molecule has 19 heavy (non-hydrogen) atoms. The average Bonchev–Trinajstić information content (AvgIpc) is 2.39. The fourth-order valence-electron chi connectivity index (χ4n) is 2.32. The van der Waals surface area contributed by atoms with E-state index in [1.165, 1.54) is 6.20 Å². The van der Waals surface area contributed by atoms with Crippen LogP contribution in [0.25, 0.3) is 0 Å². The lowest BCUT2D eigenvalue weighted by atomic mass is 9.93. The number of hydrogen-bond donors (Lipinski definition) is 2. The van der Waals surface area contributed by atoms with Gasteiger partial charge >= 0.3 is 5.97 Å². The summed E-state index contributed by atoms with van der Waals surface area (Å²) in [6.45, 7) is 1.44. The highest BCUT2D eigenvalue weighted by atomic mass is 16.5. The molecule has 104 valence electrons. The first-order valence-corrected chi connectivity index (χ1v) is 6.20. The standard InChI is InChI=1S/C13H18N2O4/c1-15(9-13(18)3-6-19-7-4-13)11-2-5-14-8-10(11)12(16)17/h2,5,8,18H,3-4,6-7,9H2,1H3,(H,16,17). The van der Waals surface area contributed by atoms with Crippen LogP contribution in [0.5, 0.6) is 0 Å². The maximum absolute atomic E-state index is 11.1. The second kappa shape index (κ2) is 5.54. The highest BCUT2D eigenvalue weighted by Gasteiger charge is 2.31. The minimum Gasteiger partial charge on any atom is -0.478 e. The van der Waals surface area contributed by atoms with Crippen molar-refractivity contribution in [2.75, 3.05) is 31.7 Å². The molecule has 1 fully saturated rings. The Morgan fingerprint density at radius 2 is 2.21 bits per heavy atom. The van der Waals surface area contributed by atoms with E-state index >= 15 is 0 Å². The molecule has 1 aliphatic rings. The minimum absolute atomic E-state index is 0.139. The molecule has 2 N–H and O–H groups in total. The van der Waals surface area contributed by atoms with Crippen molar-refractivity contribution < 1.29 is 19.7 Å². The average molecular weight is 266 g/mol. The van der Waals surface area contributed by atoms with Gasteiger partial charge < -0.3 is 19.8 Å². The first kappa shape index (κ1) is 13.8. The third-order valence-electron chi connectivity index (χ3n) is 3.39. The molecular weight excluding hydrogens is 248 g/mol. The van der Waals surface area contributed by atoms with E-state index in [1.54, 1.807) is 24.2 Å². The minimum atomic E-state index is -1.02. The Kier molecular flexibility index (Phi) is 4.01. The second-order valence-corrected chi connectivity index (χ2v) is 4.89. The summed E-state index contributed by atoms with van der Waals surface area (Å²) in [4.78, 5) is 16.7. The normalized spacial score (nSPS) is 18.0. The van der Waals surface area contributed by atoms with E-state index in [-0.39, 0.29) is 5.56 Å². The van der Waals surface area contributed by atoms with Gasteiger partial charge in [-0.05, 0) is 6.07 Å². The van der Waals surface area contributed by atoms with Gasteiger partial charge in [-0.15, -0.1) is 0 Å². The molecule has 1 aromatic heterocycles. The number of likely N-dealkylation sites (N-methyl/N-ethyl adjacent to an activating group) is 1. The predicted octanol–water partition coefficient (Wildman–Crippen LogP) is 0.757. The molecular formula is C13H18N2O4. The van der Waals surface area contributed by atoms with Crippen LogP contribution in [0.1, 0.15) is 23.2 Å². The molecule has 1 saturated heterocycles. The number of pyridine rings is 1. The quantitative estimate of drug-likeness (QED) is 0.837. The maximum Gasteiger partial charge on any atom is 0.339 e. The Bertz CT molecular complexity index is 458. The second-order valence-electron chi connectivity index (χ2n) is 4.89. The molecule has 2 heterocycles. The van der Waals surface area contributed by atoms with Gasteiger partial charge in [0.1, 0.15) is 5.56 Å². The Balaban J connectivity index is 2.15. The van der Waals surface area contributed by atoms with Crippen LogP contribution in [-0.2, 0) is 4.74 Å². The zero-order chi connectivity index (χ0) is 13.9. The molecule has 0 radical (unpaired) electrons. The Morgan fingerprint density at radius 3 is 2.84 bits per heavy atom. The molecule has 0 aromatic carbocycles. The van der Waals surface area contributed by atoms with Crippen LogP contribution in [-0.4, -0.2) is 53.6 Å². The zero-order valence-corrected chi connectivity index (χ0v) is 10.9. The van der Waals surface area contributed by atoms with Crippen LogP contribution in [0.15, 0.2) is 18.5 Å². The molecule has 0 unspecified atom stereocenters. The Hall–Kier alpha value is -1.66. The summed E-state index contributed by atoms with van der Waals surface area (Å²) in [6.07, 6.45) is 3.99. The van der Waals surface area contributed by atoms with Gasteiger partial charge in [-0.2, -0.15) is 0 Å². The number of aromatic nitrogens is 1. The van der Waals surface area contributed by atoms with Gasteiger partial charge in [0, 0.05) is 52.0 Å². The summed E-state index contributed by atoms with van der Waals surface area (Å²) in [5, 5.41) is 19.6. The highest BCUT2D eigenvalue weighted by Crippen LogP contribution is 2.25. The fourth-order valence-corrected chi connectivity index (χ4v) is 2.32. The number of nitrogens with zero attached hydrogens (tertiary/aromatic N) is 2. The SMILES string of the molecule is CN(CC1(O)CCOCC1)c1ccncc1C(=O)O. The molecule has 0 spiro atoms. The summed E-state index contributed by atoms with van der Waals surface area (Å²) in [5.74, 6) is -1.02. The molecule has 0 saturated carbocycles. The maximum atomic E-state index is 11.1. The van der Waals surface area contributed by atoms with E-state index in [2.05, 4.69) is 4.98 Å². The van der Waals surface area contributed by atoms with Crippen molar-refractivity contribution >= 4 is 11.7 Å². The smallest absolute Gasteiger partial charge is 0.339 e. The number of ether oxygens (including phenoxy) is 1. The monoisotopic (exact) mass is 266 g/mol. The number of carboxylic acid groups (broad SMARTS) is 1. The number of anilines is 1. The fraction of sp³-hybridized carbons (Fsp3) is 0.538. The molecule has 1 aliphatic heterocycles. The van der Waals surface area contributed by atoms with Gasteiger partial charge in [-0.3, -0.25) is 4.98 Å². The topological polar surface area (TPSA) is 82.9 Å². The third kappa shape index (κ3) is 3.21. The summed E-state index contributed by atoms with van der Waals surface area (Å²) in [5.41, 5.74) is -0.130. The van der Waals surface area contributed by atoms with E-state index in [9.17, 15) is 9.90 Å². The zero-order valence-electron chi connectivity index (χ0n) is 10.9. The predicted molar refractivity (Wildman–Crippen MR) is 69.5 cm³/mol. The first-order valence-electron chi connectivity index (χ1n) is 6.20. The molecule has 0 aliphatic carbocycles. The van der Waals surface area contributed by atoms with Gasteiger partial charge in [0.2, 0.25) is 0 Å². The molecule has 0 amide bonds. The lowest BCUT2D eigenvalue weighted by molar-refractivity contribution is -0.0572. The highest BCUT2D eigenvalue weighted by molar-refractivity contribution is 5.93. The first-order chi connectivity index (χ1) is 9.02. The summed E-state index contributed by atoms with van der Waals surface area (Å²) in [6, 6.07) is 1.64. The lowest BCUT2D eigenvalue weighted by Gasteiger charge is -2.36. The summed E-state index contributed by atoms with van der Waals surface area (Å²) >= 11 is 0. The van der Waals surface area contributed by atoms with Crippen molar-refractivity contribution in [1.82, 2.24) is 4.98 Å².